The fourth-order valence-corrected chi connectivity index (χ4v) is 3.91. The Hall–Kier alpha value is -0.100. The SMILES string of the molecule is CN1CCSCC1C(O)Cc1cccc(F)c1Br. The fourth-order valence-electron chi connectivity index (χ4n) is 2.18. The molecule has 1 heterocycles. The van der Waals surface area contributed by atoms with E-state index in [9.17, 15) is 9.50 Å². The van der Waals surface area contributed by atoms with Crippen molar-refractivity contribution in [2.75, 3.05) is 25.1 Å². The maximum absolute atomic E-state index is 13.4. The van der Waals surface area contributed by atoms with Gasteiger partial charge in [-0.05, 0) is 34.6 Å². The highest BCUT2D eigenvalue weighted by molar-refractivity contribution is 9.10. The zero-order valence-electron chi connectivity index (χ0n) is 10.3. The summed E-state index contributed by atoms with van der Waals surface area (Å²) in [4.78, 5) is 2.19. The lowest BCUT2D eigenvalue weighted by Gasteiger charge is -2.35. The number of rotatable bonds is 3. The Morgan fingerprint density at radius 1 is 1.61 bits per heavy atom. The predicted octanol–water partition coefficient (Wildman–Crippen LogP) is 2.54. The summed E-state index contributed by atoms with van der Waals surface area (Å²) in [5.41, 5.74) is 0.825. The molecule has 1 fully saturated rings. The van der Waals surface area contributed by atoms with Gasteiger partial charge >= 0.3 is 0 Å². The first kappa shape index (κ1) is 14.3. The molecule has 0 spiro atoms. The van der Waals surface area contributed by atoms with Gasteiger partial charge in [-0.3, -0.25) is 4.90 Å². The van der Waals surface area contributed by atoms with Gasteiger partial charge in [0.15, 0.2) is 0 Å². The standard InChI is InChI=1S/C13H17BrFNOS/c1-16-5-6-18-8-11(16)12(17)7-9-3-2-4-10(15)13(9)14/h2-4,11-12,17H,5-8H2,1H3. The molecule has 2 unspecified atom stereocenters. The van der Waals surface area contributed by atoms with Gasteiger partial charge in [0.25, 0.3) is 0 Å². The first-order valence-corrected chi connectivity index (χ1v) is 7.93. The lowest BCUT2D eigenvalue weighted by Crippen LogP contribution is -2.47. The molecule has 1 N–H and O–H groups in total. The number of benzene rings is 1. The van der Waals surface area contributed by atoms with Gasteiger partial charge in [0.2, 0.25) is 0 Å². The molecule has 0 amide bonds. The van der Waals surface area contributed by atoms with Gasteiger partial charge in [0, 0.05) is 30.5 Å². The van der Waals surface area contributed by atoms with Crippen LogP contribution in [0.25, 0.3) is 0 Å². The topological polar surface area (TPSA) is 23.5 Å². The molecule has 0 aromatic heterocycles. The number of hydrogen-bond donors (Lipinski definition) is 1. The van der Waals surface area contributed by atoms with Gasteiger partial charge in [-0.15, -0.1) is 0 Å². The van der Waals surface area contributed by atoms with E-state index >= 15 is 0 Å². The van der Waals surface area contributed by atoms with Crippen molar-refractivity contribution in [3.63, 3.8) is 0 Å². The Balaban J connectivity index is 2.06. The molecule has 1 aliphatic rings. The Kier molecular flexibility index (Phi) is 5.06. The summed E-state index contributed by atoms with van der Waals surface area (Å²) in [5, 5.41) is 10.3. The Bertz CT molecular complexity index is 418. The Morgan fingerprint density at radius 2 is 2.39 bits per heavy atom. The van der Waals surface area contributed by atoms with E-state index in [1.807, 2.05) is 24.9 Å². The van der Waals surface area contributed by atoms with Crippen molar-refractivity contribution >= 4 is 27.7 Å². The van der Waals surface area contributed by atoms with Crippen molar-refractivity contribution in [3.8, 4) is 0 Å². The number of hydrogen-bond acceptors (Lipinski definition) is 3. The van der Waals surface area contributed by atoms with Gasteiger partial charge in [-0.1, -0.05) is 12.1 Å². The molecular weight excluding hydrogens is 317 g/mol. The molecule has 1 aromatic carbocycles. The molecule has 0 bridgehead atoms. The molecule has 2 nitrogen and oxygen atoms in total. The molecular formula is C13H17BrFNOS. The number of likely N-dealkylation sites (N-methyl/N-ethyl adjacent to an activating group) is 1. The van der Waals surface area contributed by atoms with E-state index in [2.05, 4.69) is 20.8 Å². The first-order valence-electron chi connectivity index (χ1n) is 5.98. The van der Waals surface area contributed by atoms with E-state index < -0.39 is 6.10 Å². The van der Waals surface area contributed by atoms with E-state index in [1.165, 1.54) is 6.07 Å². The highest BCUT2D eigenvalue weighted by Crippen LogP contribution is 2.24. The van der Waals surface area contributed by atoms with Crippen LogP contribution in [0.15, 0.2) is 22.7 Å². The highest BCUT2D eigenvalue weighted by Gasteiger charge is 2.27. The molecule has 0 aliphatic carbocycles. The van der Waals surface area contributed by atoms with Crippen LogP contribution >= 0.6 is 27.7 Å². The summed E-state index contributed by atoms with van der Waals surface area (Å²) >= 11 is 5.11. The number of thioether (sulfide) groups is 1. The first-order chi connectivity index (χ1) is 8.59. The summed E-state index contributed by atoms with van der Waals surface area (Å²) in [7, 11) is 2.04. The van der Waals surface area contributed by atoms with Crippen LogP contribution in [0.1, 0.15) is 5.56 Å². The van der Waals surface area contributed by atoms with Crippen molar-refractivity contribution < 1.29 is 9.50 Å². The second-order valence-corrected chi connectivity index (χ2v) is 6.55. The quantitative estimate of drug-likeness (QED) is 0.919. The Labute approximate surface area is 120 Å². The third-order valence-electron chi connectivity index (χ3n) is 3.35. The molecule has 1 saturated heterocycles. The van der Waals surface area contributed by atoms with E-state index in [0.717, 1.165) is 23.6 Å². The highest BCUT2D eigenvalue weighted by atomic mass is 79.9. The maximum atomic E-state index is 13.4. The molecule has 2 rings (SSSR count). The number of aliphatic hydroxyl groups excluding tert-OH is 1. The number of halogens is 2. The van der Waals surface area contributed by atoms with Gasteiger partial charge in [-0.2, -0.15) is 11.8 Å². The Morgan fingerprint density at radius 3 is 3.11 bits per heavy atom. The van der Waals surface area contributed by atoms with E-state index in [0.29, 0.717) is 10.9 Å². The summed E-state index contributed by atoms with van der Waals surface area (Å²) < 4.78 is 13.9. The molecule has 18 heavy (non-hydrogen) atoms. The van der Waals surface area contributed by atoms with E-state index in [-0.39, 0.29) is 11.9 Å². The second-order valence-electron chi connectivity index (χ2n) is 4.61. The molecule has 0 radical (unpaired) electrons. The zero-order valence-corrected chi connectivity index (χ0v) is 12.7. The molecule has 100 valence electrons. The summed E-state index contributed by atoms with van der Waals surface area (Å²) in [6.45, 7) is 0.997. The summed E-state index contributed by atoms with van der Waals surface area (Å²) in [6.07, 6.45) is 0.0226. The van der Waals surface area contributed by atoms with Gasteiger partial charge in [-0.25, -0.2) is 4.39 Å². The van der Waals surface area contributed by atoms with Crippen LogP contribution in [-0.2, 0) is 6.42 Å². The third-order valence-corrected chi connectivity index (χ3v) is 5.28. The number of aliphatic hydroxyl groups is 1. The van der Waals surface area contributed by atoms with Crippen molar-refractivity contribution in [2.24, 2.45) is 0 Å². The maximum Gasteiger partial charge on any atom is 0.137 e. The number of nitrogens with zero attached hydrogens (tertiary/aromatic N) is 1. The smallest absolute Gasteiger partial charge is 0.137 e. The predicted molar refractivity (Wildman–Crippen MR) is 77.6 cm³/mol. The second kappa shape index (κ2) is 6.37. The molecule has 1 aromatic rings. The molecule has 5 heteroatoms. The van der Waals surface area contributed by atoms with Crippen LogP contribution < -0.4 is 0 Å². The zero-order chi connectivity index (χ0) is 13.1. The lowest BCUT2D eigenvalue weighted by molar-refractivity contribution is 0.0761. The summed E-state index contributed by atoms with van der Waals surface area (Å²) in [6, 6.07) is 5.11. The monoisotopic (exact) mass is 333 g/mol. The lowest BCUT2D eigenvalue weighted by atomic mass is 10.0. The minimum atomic E-state index is -0.458. The average Bonchev–Trinajstić information content (AvgIpc) is 2.35. The van der Waals surface area contributed by atoms with Crippen molar-refractivity contribution in [1.82, 2.24) is 4.90 Å². The largest absolute Gasteiger partial charge is 0.391 e. The molecule has 2 atom stereocenters. The minimum absolute atomic E-state index is 0.152. The van der Waals surface area contributed by atoms with E-state index in [4.69, 9.17) is 0 Å². The van der Waals surface area contributed by atoms with Crippen LogP contribution in [0.3, 0.4) is 0 Å². The third kappa shape index (κ3) is 3.26. The van der Waals surface area contributed by atoms with Crippen molar-refractivity contribution in [1.29, 1.82) is 0 Å². The normalized spacial score (nSPS) is 23.0. The van der Waals surface area contributed by atoms with Crippen LogP contribution in [0.2, 0.25) is 0 Å². The minimum Gasteiger partial charge on any atom is -0.391 e. The van der Waals surface area contributed by atoms with Crippen LogP contribution in [-0.4, -0.2) is 47.3 Å². The van der Waals surface area contributed by atoms with Gasteiger partial charge < -0.3 is 5.11 Å². The van der Waals surface area contributed by atoms with Crippen molar-refractivity contribution in [2.45, 2.75) is 18.6 Å². The van der Waals surface area contributed by atoms with Gasteiger partial charge in [0.05, 0.1) is 10.6 Å². The van der Waals surface area contributed by atoms with Gasteiger partial charge in [0.1, 0.15) is 5.82 Å². The van der Waals surface area contributed by atoms with Crippen molar-refractivity contribution in [3.05, 3.63) is 34.1 Å². The van der Waals surface area contributed by atoms with E-state index in [1.54, 1.807) is 6.07 Å². The average molecular weight is 334 g/mol. The van der Waals surface area contributed by atoms with Crippen LogP contribution in [0.4, 0.5) is 4.39 Å². The molecule has 0 saturated carbocycles. The van der Waals surface area contributed by atoms with Crippen LogP contribution in [0.5, 0.6) is 0 Å². The van der Waals surface area contributed by atoms with Crippen LogP contribution in [0, 0.1) is 5.82 Å². The molecule has 1 aliphatic heterocycles. The fraction of sp³-hybridized carbons (Fsp3) is 0.538. The summed E-state index contributed by atoms with van der Waals surface area (Å²) in [5.74, 6) is 1.78.